The molecular weight excluding hydrogens is 418 g/mol. The zero-order valence-electron chi connectivity index (χ0n) is 19.3. The van der Waals surface area contributed by atoms with Crippen molar-refractivity contribution >= 4 is 35.7 Å². The summed E-state index contributed by atoms with van der Waals surface area (Å²) in [5.74, 6) is 0.0409. The van der Waals surface area contributed by atoms with Crippen molar-refractivity contribution in [3.8, 4) is 11.3 Å². The summed E-state index contributed by atoms with van der Waals surface area (Å²) in [7, 11) is -1.12. The summed E-state index contributed by atoms with van der Waals surface area (Å²) >= 11 is 0. The first-order valence-electron chi connectivity index (χ1n) is 10.9. The molecule has 7 nitrogen and oxygen atoms in total. The van der Waals surface area contributed by atoms with Crippen molar-refractivity contribution in [3.63, 3.8) is 0 Å². The molecule has 0 saturated carbocycles. The molecule has 0 aliphatic rings. The van der Waals surface area contributed by atoms with E-state index in [1.165, 1.54) is 0 Å². The van der Waals surface area contributed by atoms with E-state index < -0.39 is 8.07 Å². The van der Waals surface area contributed by atoms with Gasteiger partial charge in [-0.3, -0.25) is 14.8 Å². The number of nitrogens with zero attached hydrogens (tertiary/aromatic N) is 5. The third-order valence-corrected chi connectivity index (χ3v) is 7.27. The molecule has 0 radical (unpaired) electrons. The van der Waals surface area contributed by atoms with Gasteiger partial charge in [-0.1, -0.05) is 26.6 Å². The van der Waals surface area contributed by atoms with Crippen LogP contribution in [0.2, 0.25) is 25.7 Å². The van der Waals surface area contributed by atoms with Crippen molar-refractivity contribution in [1.82, 2.24) is 24.7 Å². The predicted molar refractivity (Wildman–Crippen MR) is 130 cm³/mol. The van der Waals surface area contributed by atoms with Gasteiger partial charge in [0.2, 0.25) is 0 Å². The van der Waals surface area contributed by atoms with Gasteiger partial charge in [-0.15, -0.1) is 0 Å². The molecule has 32 heavy (non-hydrogen) atoms. The van der Waals surface area contributed by atoms with Gasteiger partial charge < -0.3 is 4.74 Å². The highest BCUT2D eigenvalue weighted by atomic mass is 28.3. The molecule has 0 amide bonds. The van der Waals surface area contributed by atoms with Crippen LogP contribution in [0.3, 0.4) is 0 Å². The van der Waals surface area contributed by atoms with E-state index >= 15 is 0 Å². The maximum absolute atomic E-state index is 11.9. The molecule has 0 N–H and O–H groups in total. The number of aromatic nitrogens is 5. The van der Waals surface area contributed by atoms with E-state index in [4.69, 9.17) is 4.74 Å². The van der Waals surface area contributed by atoms with Crippen LogP contribution in [0.4, 0.5) is 0 Å². The summed E-state index contributed by atoms with van der Waals surface area (Å²) < 4.78 is 7.64. The summed E-state index contributed by atoms with van der Waals surface area (Å²) in [6.45, 7) is 12.0. The summed E-state index contributed by atoms with van der Waals surface area (Å²) in [6, 6.07) is 4.96. The highest BCUT2D eigenvalue weighted by Gasteiger charge is 2.14. The minimum absolute atomic E-state index is 0.0409. The Bertz CT molecular complexity index is 1290. The molecular formula is C24H29N5O2Si. The van der Waals surface area contributed by atoms with E-state index in [-0.39, 0.29) is 5.78 Å². The number of carbonyl (C=O) groups is 1. The minimum atomic E-state index is -1.12. The summed E-state index contributed by atoms with van der Waals surface area (Å²) in [4.78, 5) is 25.6. The zero-order valence-corrected chi connectivity index (χ0v) is 20.3. The van der Waals surface area contributed by atoms with Crippen LogP contribution in [-0.2, 0) is 11.5 Å². The third-order valence-electron chi connectivity index (χ3n) is 5.57. The molecule has 0 aromatic carbocycles. The van der Waals surface area contributed by atoms with Crippen LogP contribution in [0.15, 0.2) is 36.9 Å². The first-order valence-corrected chi connectivity index (χ1v) is 14.7. The van der Waals surface area contributed by atoms with Gasteiger partial charge in [0.25, 0.3) is 0 Å². The highest BCUT2D eigenvalue weighted by molar-refractivity contribution is 6.76. The average molecular weight is 448 g/mol. The number of carbonyl (C=O) groups excluding carboxylic acids is 1. The number of hydrogen-bond acceptors (Lipinski definition) is 6. The number of hydrogen-bond donors (Lipinski definition) is 0. The first-order chi connectivity index (χ1) is 15.3. The van der Waals surface area contributed by atoms with E-state index in [1.54, 1.807) is 10.9 Å². The predicted octanol–water partition coefficient (Wildman–Crippen LogP) is 5.25. The molecule has 0 spiro atoms. The second-order valence-electron chi connectivity index (χ2n) is 9.31. The second-order valence-corrected chi connectivity index (χ2v) is 14.9. The number of aryl methyl sites for hydroxylation is 1. The fraction of sp³-hybridized carbons (Fsp3) is 0.375. The molecule has 0 bridgehead atoms. The molecule has 0 fully saturated rings. The van der Waals surface area contributed by atoms with Crippen molar-refractivity contribution in [2.75, 3.05) is 6.61 Å². The number of fused-ring (bicyclic) bond motifs is 3. The van der Waals surface area contributed by atoms with Crippen LogP contribution in [0.1, 0.15) is 29.4 Å². The Balaban J connectivity index is 1.61. The van der Waals surface area contributed by atoms with Crippen molar-refractivity contribution in [3.05, 3.63) is 48.2 Å². The molecule has 0 aliphatic carbocycles. The van der Waals surface area contributed by atoms with E-state index in [1.807, 2.05) is 44.6 Å². The largest absolute Gasteiger partial charge is 0.359 e. The van der Waals surface area contributed by atoms with Crippen molar-refractivity contribution in [2.24, 2.45) is 0 Å². The van der Waals surface area contributed by atoms with E-state index in [2.05, 4.69) is 39.7 Å². The Kier molecular flexibility index (Phi) is 6.17. The van der Waals surface area contributed by atoms with Gasteiger partial charge >= 0.3 is 0 Å². The van der Waals surface area contributed by atoms with Gasteiger partial charge in [0.1, 0.15) is 12.4 Å². The van der Waals surface area contributed by atoms with Crippen molar-refractivity contribution in [2.45, 2.75) is 52.7 Å². The van der Waals surface area contributed by atoms with Gasteiger partial charge in [0, 0.05) is 61.4 Å². The van der Waals surface area contributed by atoms with Gasteiger partial charge in [-0.2, -0.15) is 5.10 Å². The quantitative estimate of drug-likeness (QED) is 0.208. The van der Waals surface area contributed by atoms with Crippen LogP contribution in [0.25, 0.3) is 33.1 Å². The number of ether oxygens (including phenoxy) is 1. The van der Waals surface area contributed by atoms with Crippen LogP contribution in [0.5, 0.6) is 0 Å². The Morgan fingerprint density at radius 3 is 2.56 bits per heavy atom. The minimum Gasteiger partial charge on any atom is -0.359 e. The lowest BCUT2D eigenvalue weighted by Crippen LogP contribution is -2.22. The molecule has 4 rings (SSSR count). The van der Waals surface area contributed by atoms with E-state index in [0.29, 0.717) is 18.8 Å². The lowest BCUT2D eigenvalue weighted by Gasteiger charge is -2.15. The van der Waals surface area contributed by atoms with Gasteiger partial charge in [-0.05, 0) is 30.7 Å². The number of Topliss-reactive ketones (excluding diaryl/α,β-unsaturated/α-hetero) is 1. The maximum atomic E-state index is 11.9. The standard InChI is InChI=1S/C24H29N5O2Si/c1-6-23(30)22-9-16(2)18(12-26-22)21-10-17-11-27-24-20(19(17)13-25-21)14-28-29(24)15-31-7-8-32(3,4)5/h9-14H,6-8,15H2,1-5H3. The average Bonchev–Trinajstić information content (AvgIpc) is 3.18. The SMILES string of the molecule is CCC(=O)c1cc(C)c(-c2cc3cnc4c(cnn4COCC[Si](C)(C)C)c3cn2)cn1. The highest BCUT2D eigenvalue weighted by Crippen LogP contribution is 2.28. The smallest absolute Gasteiger partial charge is 0.180 e. The molecule has 0 unspecified atom stereocenters. The Hall–Kier alpha value is -2.97. The molecule has 4 aromatic heterocycles. The number of rotatable bonds is 8. The third kappa shape index (κ3) is 4.61. The van der Waals surface area contributed by atoms with Gasteiger partial charge in [-0.25, -0.2) is 9.67 Å². The number of pyridine rings is 3. The number of ketones is 1. The van der Waals surface area contributed by atoms with Crippen molar-refractivity contribution in [1.29, 1.82) is 0 Å². The van der Waals surface area contributed by atoms with Crippen LogP contribution < -0.4 is 0 Å². The Labute approximate surface area is 188 Å². The molecule has 0 atom stereocenters. The van der Waals surface area contributed by atoms with E-state index in [0.717, 1.165) is 51.3 Å². The van der Waals surface area contributed by atoms with Crippen LogP contribution in [0, 0.1) is 6.92 Å². The Morgan fingerprint density at radius 1 is 1.03 bits per heavy atom. The molecule has 4 heterocycles. The van der Waals surface area contributed by atoms with Crippen LogP contribution in [-0.4, -0.2) is 45.2 Å². The maximum Gasteiger partial charge on any atom is 0.180 e. The molecule has 166 valence electrons. The molecule has 4 aromatic rings. The fourth-order valence-electron chi connectivity index (χ4n) is 3.57. The summed E-state index contributed by atoms with van der Waals surface area (Å²) in [6.07, 6.45) is 7.71. The Morgan fingerprint density at radius 2 is 1.84 bits per heavy atom. The topological polar surface area (TPSA) is 82.8 Å². The second kappa shape index (κ2) is 8.88. The lowest BCUT2D eigenvalue weighted by molar-refractivity contribution is 0.0813. The molecule has 0 saturated heterocycles. The molecule has 8 heteroatoms. The summed E-state index contributed by atoms with van der Waals surface area (Å²) in [5.41, 5.74) is 3.98. The zero-order chi connectivity index (χ0) is 22.9. The molecule has 0 aliphatic heterocycles. The van der Waals surface area contributed by atoms with Crippen molar-refractivity contribution < 1.29 is 9.53 Å². The van der Waals surface area contributed by atoms with E-state index in [9.17, 15) is 4.79 Å². The first kappa shape index (κ1) is 22.2. The van der Waals surface area contributed by atoms with Gasteiger partial charge in [0.15, 0.2) is 11.4 Å². The van der Waals surface area contributed by atoms with Gasteiger partial charge in [0.05, 0.1) is 11.9 Å². The lowest BCUT2D eigenvalue weighted by atomic mass is 10.0. The van der Waals surface area contributed by atoms with Crippen LogP contribution >= 0.6 is 0 Å². The normalized spacial score (nSPS) is 12.0. The summed E-state index contributed by atoms with van der Waals surface area (Å²) in [5, 5.41) is 7.41. The fourth-order valence-corrected chi connectivity index (χ4v) is 4.32. The monoisotopic (exact) mass is 447 g/mol.